The highest BCUT2D eigenvalue weighted by molar-refractivity contribution is 6.14. The van der Waals surface area contributed by atoms with Crippen LogP contribution in [0.3, 0.4) is 0 Å². The first kappa shape index (κ1) is 95.3. The number of aromatic hydroxyl groups is 2. The molecule has 150 heavy (non-hydrogen) atoms. The van der Waals surface area contributed by atoms with Crippen molar-refractivity contribution in [1.29, 1.82) is 0 Å². The van der Waals surface area contributed by atoms with Gasteiger partial charge in [0.05, 0.1) is 97.6 Å². The summed E-state index contributed by atoms with van der Waals surface area (Å²) in [6, 6.07) is 129. The molecule has 0 aliphatic carbocycles. The normalized spacial score (nSPS) is 15.0. The fourth-order valence-corrected chi connectivity index (χ4v) is 19.1. The first-order valence-electron chi connectivity index (χ1n) is 49.2. The Morgan fingerprint density at radius 2 is 0.460 bits per heavy atom. The highest BCUT2D eigenvalue weighted by Crippen LogP contribution is 2.51. The van der Waals surface area contributed by atoms with Gasteiger partial charge in [0.1, 0.15) is 34.7 Å². The molecule has 2 atom stereocenters. The quantitative estimate of drug-likeness (QED) is 0.0317. The van der Waals surface area contributed by atoms with Crippen LogP contribution in [0, 0.1) is 0 Å². The van der Waals surface area contributed by atoms with E-state index in [0.717, 1.165) is 222 Å². The molecule has 0 saturated heterocycles. The lowest BCUT2D eigenvalue weighted by molar-refractivity contribution is 0.238. The molecule has 4 aliphatic heterocycles. The first-order chi connectivity index (χ1) is 73.3. The molecule has 0 aromatic heterocycles. The smallest absolute Gasteiger partial charge is 0.129 e. The molecule has 28 heteroatoms. The largest absolute Gasteiger partial charge is 0.508 e. The summed E-state index contributed by atoms with van der Waals surface area (Å²) >= 11 is 0. The fourth-order valence-electron chi connectivity index (χ4n) is 19.1. The van der Waals surface area contributed by atoms with Crippen molar-refractivity contribution in [3.05, 3.63) is 412 Å². The van der Waals surface area contributed by atoms with Gasteiger partial charge in [-0.3, -0.25) is 0 Å². The average molecular weight is 1970 g/mol. The van der Waals surface area contributed by atoms with Gasteiger partial charge in [-0.1, -0.05) is 212 Å². The van der Waals surface area contributed by atoms with Crippen LogP contribution >= 0.6 is 0 Å². The van der Waals surface area contributed by atoms with Crippen molar-refractivity contribution in [2.24, 2.45) is 81.8 Å². The maximum atomic E-state index is 9.82. The van der Waals surface area contributed by atoms with E-state index in [0.29, 0.717) is 17.8 Å². The molecule has 0 spiro atoms. The summed E-state index contributed by atoms with van der Waals surface area (Å²) < 4.78 is 0. The molecule has 4 heterocycles. The SMILES string of the molecule is CC1(C)Nc2cccc3c(N=Nc4ccc(N=Nc5ccc(CCO)cc5)c5ccccc45)ccc(c23)N1.CC1(C)Nc2cccc3c(N=Nc4ccc(N=Nc5cccc(O)c5)c5ccccc45)ccc(c23)N1.CC1(CO)Nc2cccc3c(N=Nc4ccc(N=Nc5ccccc5)c5ccccc45)ccc(c23)N1.Oc1ccc(C2Nc3cccc4c(N=Nc5ccc(N=Nc6ccccc6)c6ccccc56)ccc(c34)N2)cc1. The highest BCUT2D eigenvalue weighted by atomic mass is 16.3. The minimum atomic E-state index is -0.622. The summed E-state index contributed by atoms with van der Waals surface area (Å²) in [5.74, 6) is 0.400. The van der Waals surface area contributed by atoms with Gasteiger partial charge >= 0.3 is 0 Å². The number of nitrogens with zero attached hydrogens (tertiary/aromatic N) is 16. The third-order valence-electron chi connectivity index (χ3n) is 26.2. The Morgan fingerprint density at radius 3 is 0.793 bits per heavy atom. The molecule has 4 aliphatic rings. The molecule has 2 unspecified atom stereocenters. The van der Waals surface area contributed by atoms with Crippen molar-refractivity contribution in [3.63, 3.8) is 0 Å². The zero-order chi connectivity index (χ0) is 102. The summed E-state index contributed by atoms with van der Waals surface area (Å²) in [6.45, 7) is 10.5. The predicted octanol–water partition coefficient (Wildman–Crippen LogP) is 36.5. The van der Waals surface area contributed by atoms with Gasteiger partial charge in [-0.25, -0.2) is 0 Å². The summed E-state index contributed by atoms with van der Waals surface area (Å²) in [4.78, 5) is 0. The fraction of sp³-hybridized carbons (Fsp3) is 0.0984. The second kappa shape index (κ2) is 41.6. The molecule has 25 rings (SSSR count). The van der Waals surface area contributed by atoms with Gasteiger partial charge in [0.2, 0.25) is 0 Å². The topological polar surface area (TPSA) is 375 Å². The molecule has 0 radical (unpaired) electrons. The van der Waals surface area contributed by atoms with Crippen molar-refractivity contribution >= 4 is 223 Å². The second-order valence-electron chi connectivity index (χ2n) is 37.8. The average Bonchev–Trinajstić information content (AvgIpc) is 0.760. The van der Waals surface area contributed by atoms with Crippen LogP contribution in [0.2, 0.25) is 0 Å². The van der Waals surface area contributed by atoms with Gasteiger partial charge in [0.15, 0.2) is 0 Å². The Morgan fingerprint density at radius 1 is 0.213 bits per heavy atom. The molecule has 732 valence electrons. The number of rotatable bonds is 20. The number of hydrogen-bond acceptors (Lipinski definition) is 28. The van der Waals surface area contributed by atoms with Crippen molar-refractivity contribution < 1.29 is 20.4 Å². The van der Waals surface area contributed by atoms with Crippen LogP contribution < -0.4 is 42.5 Å². The lowest BCUT2D eigenvalue weighted by Crippen LogP contribution is -2.48. The summed E-state index contributed by atoms with van der Waals surface area (Å²) in [5, 5.41) is 155. The zero-order valence-electron chi connectivity index (χ0n) is 82.2. The molecular weight excluding hydrogens is 1870 g/mol. The van der Waals surface area contributed by atoms with Gasteiger partial charge in [0.25, 0.3) is 0 Å². The number of hydrogen-bond donors (Lipinski definition) is 12. The van der Waals surface area contributed by atoms with E-state index in [1.807, 2.05) is 322 Å². The minimum absolute atomic E-state index is 0.0434. The highest BCUT2D eigenvalue weighted by Gasteiger charge is 2.32. The van der Waals surface area contributed by atoms with Crippen molar-refractivity contribution in [3.8, 4) is 11.5 Å². The molecule has 0 fully saturated rings. The van der Waals surface area contributed by atoms with Crippen molar-refractivity contribution in [2.45, 2.75) is 64.2 Å². The van der Waals surface area contributed by atoms with E-state index < -0.39 is 5.66 Å². The van der Waals surface area contributed by atoms with Gasteiger partial charge < -0.3 is 63.0 Å². The van der Waals surface area contributed by atoms with Crippen molar-refractivity contribution in [2.75, 3.05) is 55.7 Å². The van der Waals surface area contributed by atoms with E-state index in [4.69, 9.17) is 10.2 Å². The van der Waals surface area contributed by atoms with Gasteiger partial charge in [-0.05, 0) is 234 Å². The zero-order valence-corrected chi connectivity index (χ0v) is 82.2. The van der Waals surface area contributed by atoms with E-state index in [-0.39, 0.29) is 42.2 Å². The summed E-state index contributed by atoms with van der Waals surface area (Å²) in [5.41, 5.74) is 21.5. The molecular formula is C122H100N24O4. The van der Waals surface area contributed by atoms with Gasteiger partial charge in [-0.15, -0.1) is 61.4 Å². The van der Waals surface area contributed by atoms with Crippen LogP contribution in [-0.2, 0) is 6.42 Å². The Labute approximate surface area is 862 Å². The number of fused-ring (bicyclic) bond motifs is 4. The lowest BCUT2D eigenvalue weighted by Gasteiger charge is -2.37. The van der Waals surface area contributed by atoms with Crippen LogP contribution in [0.5, 0.6) is 11.5 Å². The van der Waals surface area contributed by atoms with Gasteiger partial charge in [-0.2, -0.15) is 20.5 Å². The summed E-state index contributed by atoms with van der Waals surface area (Å²) in [6.07, 6.45) is 0.514. The minimum Gasteiger partial charge on any atom is -0.508 e. The Balaban J connectivity index is 0.000000113. The molecule has 0 amide bonds. The Hall–Kier alpha value is -19.6. The molecule has 12 N–H and O–H groups in total. The van der Waals surface area contributed by atoms with E-state index in [2.05, 4.69) is 195 Å². The molecule has 21 aromatic carbocycles. The monoisotopic (exact) mass is 1960 g/mol. The maximum absolute atomic E-state index is 9.82. The lowest BCUT2D eigenvalue weighted by atomic mass is 9.99. The summed E-state index contributed by atoms with van der Waals surface area (Å²) in [7, 11) is 0. The molecule has 28 nitrogen and oxygen atoms in total. The number of phenols is 2. The van der Waals surface area contributed by atoms with Crippen LogP contribution in [0.4, 0.5) is 136 Å². The number of azo groups is 8. The van der Waals surface area contributed by atoms with E-state index >= 15 is 0 Å². The number of aliphatic hydroxyl groups excluding tert-OH is 2. The van der Waals surface area contributed by atoms with E-state index in [9.17, 15) is 15.3 Å². The molecule has 0 bridgehead atoms. The standard InChI is InChI=1S/C33H24N6O.C31H28N6O.2C29H24N6O/c40-23-15-13-21(14-16-23)33-34-30-12-6-11-26-29(19-20-31(35-33)32(26)30)39-38-28-18-17-27(24-9-4-5-10-25(24)28)37-36-22-7-2-1-3-8-22;1-31(2)32-28-9-5-8-24-27(16-17-29(33-31)30(24)28)37-36-26-15-14-25(22-6-3-4-7-23(22)26)35-34-21-12-10-20(11-13-21)18-19-38;1-29(2)30-26-12-6-11-22-25(15-16-27(31-29)28(22)26)35-34-24-14-13-23(20-9-3-4-10-21(20)24)33-32-18-7-5-8-19(36)17-18;1-29(18-36)30-26-13-7-12-22-25(16-17-27(31-29)28(22)26)35-34-24-15-14-23(20-10-5-6-11-21(20)24)33-32-19-8-3-2-4-9-19/h1-20,33-35,40H;3-17,32-33,38H,18-19H2,1-2H3;3-17,30-31,36H,1-2H3;2-17,30-31,36H,18H2,1H3. The number of anilines is 8. The molecule has 21 aromatic rings. The van der Waals surface area contributed by atoms with Crippen molar-refractivity contribution in [1.82, 2.24) is 0 Å². The van der Waals surface area contributed by atoms with Crippen LogP contribution in [0.15, 0.2) is 482 Å². The second-order valence-corrected chi connectivity index (χ2v) is 37.8. The Kier molecular flexibility index (Phi) is 26.4. The van der Waals surface area contributed by atoms with Gasteiger partial charge in [0, 0.05) is 144 Å². The number of aliphatic hydroxyl groups is 2. The van der Waals surface area contributed by atoms with Crippen LogP contribution in [-0.4, -0.2) is 50.6 Å². The third kappa shape index (κ3) is 20.6. The van der Waals surface area contributed by atoms with Crippen LogP contribution in [0.1, 0.15) is 51.9 Å². The predicted molar refractivity (Wildman–Crippen MR) is 607 cm³/mol. The van der Waals surface area contributed by atoms with E-state index in [1.54, 1.807) is 36.4 Å². The van der Waals surface area contributed by atoms with E-state index in [1.165, 1.54) is 0 Å². The number of benzene rings is 21. The van der Waals surface area contributed by atoms with Crippen LogP contribution in [0.25, 0.3) is 86.2 Å². The number of phenolic OH excluding ortho intramolecular Hbond substituents is 2. The Bertz CT molecular complexity index is 8980. The third-order valence-corrected chi connectivity index (χ3v) is 26.2. The number of nitrogens with one attached hydrogen (secondary N) is 8. The maximum Gasteiger partial charge on any atom is 0.129 e. The first-order valence-corrected chi connectivity index (χ1v) is 49.2. The molecule has 0 saturated carbocycles.